The zero-order valence-electron chi connectivity index (χ0n) is 17.3. The second-order valence-electron chi connectivity index (χ2n) is 8.12. The molecule has 32 heavy (non-hydrogen) atoms. The lowest BCUT2D eigenvalue weighted by atomic mass is 9.78. The number of ether oxygens (including phenoxy) is 2. The average Bonchev–Trinajstić information content (AvgIpc) is 3.59. The van der Waals surface area contributed by atoms with Gasteiger partial charge < -0.3 is 19.9 Å². The van der Waals surface area contributed by atoms with E-state index in [9.17, 15) is 14.3 Å². The molecular weight excluding hydrogens is 413 g/mol. The lowest BCUT2D eigenvalue weighted by Gasteiger charge is -2.40. The summed E-state index contributed by atoms with van der Waals surface area (Å²) in [6.45, 7) is 0.301. The van der Waals surface area contributed by atoms with Gasteiger partial charge in [0, 0.05) is 29.7 Å². The van der Waals surface area contributed by atoms with Crippen LogP contribution < -0.4 is 10.1 Å². The molecule has 5 rings (SSSR count). The second-order valence-corrected chi connectivity index (χ2v) is 8.12. The largest absolute Gasteiger partial charge is 0.474 e. The van der Waals surface area contributed by atoms with Crippen LogP contribution in [0.3, 0.4) is 0 Å². The van der Waals surface area contributed by atoms with E-state index in [1.54, 1.807) is 24.5 Å². The van der Waals surface area contributed by atoms with E-state index in [-0.39, 0.29) is 37.6 Å². The lowest BCUT2D eigenvalue weighted by Crippen LogP contribution is -2.55. The molecular formula is C24H22FN3O4. The normalized spacial score (nSPS) is 16.8. The summed E-state index contributed by atoms with van der Waals surface area (Å²) in [6, 6.07) is 11.0. The monoisotopic (exact) mass is 435 g/mol. The molecule has 0 bridgehead atoms. The minimum absolute atomic E-state index is 0.167. The van der Waals surface area contributed by atoms with Gasteiger partial charge in [-0.25, -0.2) is 9.37 Å². The Morgan fingerprint density at radius 3 is 2.53 bits per heavy atom. The molecule has 7 nitrogen and oxygen atoms in total. The van der Waals surface area contributed by atoms with E-state index in [0.717, 1.165) is 18.4 Å². The van der Waals surface area contributed by atoms with E-state index in [1.165, 1.54) is 24.3 Å². The number of aromatic nitrogens is 2. The molecule has 0 spiro atoms. The van der Waals surface area contributed by atoms with E-state index in [0.29, 0.717) is 28.4 Å². The summed E-state index contributed by atoms with van der Waals surface area (Å²) in [5, 5.41) is 12.6. The Hall–Kier alpha value is -3.36. The molecule has 3 aromatic rings. The van der Waals surface area contributed by atoms with Crippen molar-refractivity contribution < 1.29 is 23.8 Å². The van der Waals surface area contributed by atoms with E-state index < -0.39 is 5.41 Å². The van der Waals surface area contributed by atoms with Crippen molar-refractivity contribution in [3.8, 4) is 17.1 Å². The molecule has 1 amide bonds. The first-order chi connectivity index (χ1) is 15.6. The number of anilines is 1. The number of hydrogen-bond donors (Lipinski definition) is 2. The smallest absolute Gasteiger partial charge is 0.239 e. The number of carbonyl (C=O) groups excluding carboxylic acids is 1. The van der Waals surface area contributed by atoms with Crippen molar-refractivity contribution in [2.45, 2.75) is 31.0 Å². The predicted octanol–water partition coefficient (Wildman–Crippen LogP) is 3.22. The summed E-state index contributed by atoms with van der Waals surface area (Å²) in [5.41, 5.74) is 2.39. The highest BCUT2D eigenvalue weighted by Gasteiger charge is 2.47. The summed E-state index contributed by atoms with van der Waals surface area (Å²) in [4.78, 5) is 21.9. The van der Waals surface area contributed by atoms with Crippen LogP contribution >= 0.6 is 0 Å². The molecule has 1 aliphatic heterocycles. The highest BCUT2D eigenvalue weighted by molar-refractivity contribution is 6.00. The number of carbonyl (C=O) groups is 1. The SMILES string of the molecule is O=C(Nc1ccc(F)cc1)C1(c2ccc(-c3cnc(OC4CC4)cc3CO)nc2)COC1. The second kappa shape index (κ2) is 8.29. The quantitative estimate of drug-likeness (QED) is 0.592. The maximum Gasteiger partial charge on any atom is 0.239 e. The molecule has 1 aromatic carbocycles. The Kier molecular flexibility index (Phi) is 5.32. The van der Waals surface area contributed by atoms with Gasteiger partial charge in [0.05, 0.1) is 25.5 Å². The summed E-state index contributed by atoms with van der Waals surface area (Å²) >= 11 is 0. The number of nitrogens with zero attached hydrogens (tertiary/aromatic N) is 2. The van der Waals surface area contributed by atoms with Gasteiger partial charge in [0.25, 0.3) is 0 Å². The van der Waals surface area contributed by atoms with Crippen molar-refractivity contribution in [2.75, 3.05) is 18.5 Å². The fourth-order valence-corrected chi connectivity index (χ4v) is 3.61. The van der Waals surface area contributed by atoms with Crippen LogP contribution in [0.15, 0.2) is 54.9 Å². The number of nitrogens with one attached hydrogen (secondary N) is 1. The van der Waals surface area contributed by atoms with Crippen molar-refractivity contribution in [3.63, 3.8) is 0 Å². The fraction of sp³-hybridized carbons (Fsp3) is 0.292. The molecule has 1 aliphatic carbocycles. The number of rotatable bonds is 7. The van der Waals surface area contributed by atoms with Crippen molar-refractivity contribution in [3.05, 3.63) is 71.8 Å². The van der Waals surface area contributed by atoms with Crippen LogP contribution in [0, 0.1) is 5.82 Å². The first-order valence-corrected chi connectivity index (χ1v) is 10.5. The molecule has 2 N–H and O–H groups in total. The molecule has 1 saturated carbocycles. The first kappa shape index (κ1) is 20.5. The third-order valence-electron chi connectivity index (χ3n) is 5.77. The van der Waals surface area contributed by atoms with Gasteiger partial charge >= 0.3 is 0 Å². The maximum atomic E-state index is 13.1. The number of hydrogen-bond acceptors (Lipinski definition) is 6. The summed E-state index contributed by atoms with van der Waals surface area (Å²) in [6.07, 6.45) is 5.58. The van der Waals surface area contributed by atoms with Crippen molar-refractivity contribution in [1.29, 1.82) is 0 Å². The summed E-state index contributed by atoms with van der Waals surface area (Å²) < 4.78 is 24.2. The average molecular weight is 435 g/mol. The molecule has 3 heterocycles. The summed E-state index contributed by atoms with van der Waals surface area (Å²) in [7, 11) is 0. The van der Waals surface area contributed by atoms with Gasteiger partial charge in [-0.15, -0.1) is 0 Å². The fourth-order valence-electron chi connectivity index (χ4n) is 3.61. The number of aliphatic hydroxyl groups is 1. The molecule has 2 aliphatic rings. The van der Waals surface area contributed by atoms with Crippen LogP contribution in [0.4, 0.5) is 10.1 Å². The van der Waals surface area contributed by atoms with Gasteiger partial charge in [-0.3, -0.25) is 9.78 Å². The highest BCUT2D eigenvalue weighted by atomic mass is 19.1. The van der Waals surface area contributed by atoms with E-state index in [1.807, 2.05) is 6.07 Å². The number of halogens is 1. The molecule has 2 fully saturated rings. The van der Waals surface area contributed by atoms with Gasteiger partial charge in [-0.2, -0.15) is 0 Å². The van der Waals surface area contributed by atoms with Gasteiger partial charge in [0.2, 0.25) is 11.8 Å². The molecule has 1 saturated heterocycles. The Balaban J connectivity index is 1.37. The maximum absolute atomic E-state index is 13.1. The standard InChI is InChI=1S/C24H22FN3O4/c25-17-2-4-18(5-3-17)28-23(30)24(13-31-14-24)16-1-8-21(26-10-16)20-11-27-22(9-15(20)12-29)32-19-6-7-19/h1-5,8-11,19,29H,6-7,12-14H2,(H,28,30). The third-order valence-corrected chi connectivity index (χ3v) is 5.77. The van der Waals surface area contributed by atoms with Crippen molar-refractivity contribution >= 4 is 11.6 Å². The number of pyridine rings is 2. The molecule has 8 heteroatoms. The highest BCUT2D eigenvalue weighted by Crippen LogP contribution is 2.35. The van der Waals surface area contributed by atoms with Crippen LogP contribution in [0.2, 0.25) is 0 Å². The van der Waals surface area contributed by atoms with Crippen molar-refractivity contribution in [2.24, 2.45) is 0 Å². The number of benzene rings is 1. The molecule has 0 unspecified atom stereocenters. The Morgan fingerprint density at radius 1 is 1.16 bits per heavy atom. The van der Waals surface area contributed by atoms with E-state index in [2.05, 4.69) is 15.3 Å². The van der Waals surface area contributed by atoms with Gasteiger partial charge in [-0.1, -0.05) is 6.07 Å². The summed E-state index contributed by atoms with van der Waals surface area (Å²) in [5.74, 6) is -0.0995. The lowest BCUT2D eigenvalue weighted by molar-refractivity contribution is -0.139. The van der Waals surface area contributed by atoms with E-state index in [4.69, 9.17) is 9.47 Å². The molecule has 2 aromatic heterocycles. The predicted molar refractivity (Wildman–Crippen MR) is 115 cm³/mol. The molecule has 164 valence electrons. The number of aliphatic hydroxyl groups excluding tert-OH is 1. The van der Waals surface area contributed by atoms with E-state index >= 15 is 0 Å². The Morgan fingerprint density at radius 2 is 1.94 bits per heavy atom. The van der Waals surface area contributed by atoms with Crippen LogP contribution in [0.1, 0.15) is 24.0 Å². The molecule has 0 atom stereocenters. The zero-order chi connectivity index (χ0) is 22.1. The van der Waals surface area contributed by atoms with Crippen LogP contribution in [-0.4, -0.2) is 40.3 Å². The van der Waals surface area contributed by atoms with Crippen LogP contribution in [-0.2, 0) is 21.6 Å². The third kappa shape index (κ3) is 3.94. The topological polar surface area (TPSA) is 93.6 Å². The first-order valence-electron chi connectivity index (χ1n) is 10.5. The van der Waals surface area contributed by atoms with Crippen LogP contribution in [0.25, 0.3) is 11.3 Å². The van der Waals surface area contributed by atoms with Gasteiger partial charge in [0.1, 0.15) is 17.3 Å². The van der Waals surface area contributed by atoms with Crippen molar-refractivity contribution in [1.82, 2.24) is 9.97 Å². The number of amides is 1. The van der Waals surface area contributed by atoms with Gasteiger partial charge in [-0.05, 0) is 54.3 Å². The minimum Gasteiger partial charge on any atom is -0.474 e. The zero-order valence-corrected chi connectivity index (χ0v) is 17.3. The Labute approximate surface area is 184 Å². The molecule has 0 radical (unpaired) electrons. The minimum atomic E-state index is -0.861. The Bertz CT molecular complexity index is 1130. The van der Waals surface area contributed by atoms with Crippen LogP contribution in [0.5, 0.6) is 5.88 Å². The van der Waals surface area contributed by atoms with Gasteiger partial charge in [0.15, 0.2) is 0 Å².